The molecule has 3 amide bonds. The quantitative estimate of drug-likeness (QED) is 0.327. The van der Waals surface area contributed by atoms with Crippen molar-refractivity contribution < 1.29 is 24.2 Å². The number of benzene rings is 2. The van der Waals surface area contributed by atoms with Gasteiger partial charge in [-0.2, -0.15) is 0 Å². The number of rotatable bonds is 11. The molecular formula is C30H36ClN3O5S. The first-order chi connectivity index (χ1) is 19.3. The smallest absolute Gasteiger partial charge is 0.248 e. The number of thioether (sulfide) groups is 1. The molecule has 3 fully saturated rings. The van der Waals surface area contributed by atoms with Crippen molar-refractivity contribution in [3.05, 3.63) is 53.6 Å². The molecule has 0 aliphatic carbocycles. The maximum Gasteiger partial charge on any atom is 0.248 e. The van der Waals surface area contributed by atoms with Crippen LogP contribution in [0.25, 0.3) is 0 Å². The first-order valence-electron chi connectivity index (χ1n) is 14.0. The third kappa shape index (κ3) is 5.08. The highest BCUT2D eigenvalue weighted by atomic mass is 35.5. The summed E-state index contributed by atoms with van der Waals surface area (Å²) in [6.07, 6.45) is 2.79. The third-order valence-electron chi connectivity index (χ3n) is 8.42. The molecule has 2 aromatic carbocycles. The highest BCUT2D eigenvalue weighted by molar-refractivity contribution is 8.02. The van der Waals surface area contributed by atoms with E-state index in [0.29, 0.717) is 42.4 Å². The fraction of sp³-hybridized carbons (Fsp3) is 0.500. The Morgan fingerprint density at radius 3 is 2.55 bits per heavy atom. The van der Waals surface area contributed by atoms with Gasteiger partial charge in [-0.25, -0.2) is 0 Å². The molecule has 0 saturated carbocycles. The van der Waals surface area contributed by atoms with Gasteiger partial charge >= 0.3 is 0 Å². The number of aliphatic hydroxyl groups excluding tert-OH is 1. The lowest BCUT2D eigenvalue weighted by atomic mass is 9.66. The number of carbonyl (C=O) groups is 3. The monoisotopic (exact) mass is 585 g/mol. The van der Waals surface area contributed by atoms with Gasteiger partial charge in [0.25, 0.3) is 0 Å². The molecule has 2 aromatic rings. The number of nitrogens with zero attached hydrogens (tertiary/aromatic N) is 1. The second-order valence-electron chi connectivity index (χ2n) is 10.8. The summed E-state index contributed by atoms with van der Waals surface area (Å²) in [5, 5.41) is 15.6. The second kappa shape index (κ2) is 12.0. The summed E-state index contributed by atoms with van der Waals surface area (Å²) in [5.41, 5.74) is 1.14. The van der Waals surface area contributed by atoms with Gasteiger partial charge in [0.05, 0.1) is 33.9 Å². The maximum absolute atomic E-state index is 14.2. The lowest BCUT2D eigenvalue weighted by Gasteiger charge is -2.38. The Balaban J connectivity index is 1.44. The average molecular weight is 586 g/mol. The molecule has 0 radical (unpaired) electrons. The summed E-state index contributed by atoms with van der Waals surface area (Å²) in [6, 6.07) is 13.5. The molecule has 8 nitrogen and oxygen atoms in total. The van der Waals surface area contributed by atoms with Crippen LogP contribution in [0.15, 0.2) is 48.5 Å². The molecule has 6 atom stereocenters. The van der Waals surface area contributed by atoms with Crippen molar-refractivity contribution >= 4 is 52.5 Å². The summed E-state index contributed by atoms with van der Waals surface area (Å²) < 4.78 is 4.79. The number of hydrogen-bond donors (Lipinski definition) is 3. The molecule has 3 unspecified atom stereocenters. The number of likely N-dealkylation sites (tertiary alicyclic amines) is 1. The molecule has 2 bridgehead atoms. The number of anilines is 2. The number of aliphatic hydroxyl groups is 1. The zero-order chi connectivity index (χ0) is 28.4. The predicted molar refractivity (Wildman–Crippen MR) is 158 cm³/mol. The van der Waals surface area contributed by atoms with Crippen LogP contribution in [-0.4, -0.2) is 63.5 Å². The van der Waals surface area contributed by atoms with Crippen LogP contribution < -0.4 is 15.4 Å². The fourth-order valence-electron chi connectivity index (χ4n) is 6.72. The number of carbonyl (C=O) groups excluding carboxylic acids is 3. The van der Waals surface area contributed by atoms with E-state index >= 15 is 0 Å². The number of unbranched alkanes of at least 4 members (excludes halogenated alkanes) is 2. The normalized spacial score (nSPS) is 28.4. The number of halogens is 1. The van der Waals surface area contributed by atoms with E-state index in [1.807, 2.05) is 19.1 Å². The number of nitrogens with one attached hydrogen (secondary N) is 2. The lowest BCUT2D eigenvalue weighted by Crippen LogP contribution is -2.54. The Labute approximate surface area is 244 Å². The summed E-state index contributed by atoms with van der Waals surface area (Å²) in [5.74, 6) is -0.974. The van der Waals surface area contributed by atoms with Gasteiger partial charge in [0, 0.05) is 24.1 Å². The Kier molecular flexibility index (Phi) is 8.63. The summed E-state index contributed by atoms with van der Waals surface area (Å²) in [4.78, 5) is 43.6. The second-order valence-corrected chi connectivity index (χ2v) is 12.7. The van der Waals surface area contributed by atoms with E-state index in [-0.39, 0.29) is 35.5 Å². The number of ether oxygens (including phenoxy) is 1. The van der Waals surface area contributed by atoms with Crippen molar-refractivity contribution in [1.29, 1.82) is 0 Å². The van der Waals surface area contributed by atoms with Gasteiger partial charge in [0.1, 0.15) is 11.8 Å². The number of amides is 3. The third-order valence-corrected chi connectivity index (χ3v) is 10.8. The van der Waals surface area contributed by atoms with E-state index in [2.05, 4.69) is 17.6 Å². The van der Waals surface area contributed by atoms with Crippen LogP contribution in [0.1, 0.15) is 39.5 Å². The van der Waals surface area contributed by atoms with Crippen LogP contribution in [0.4, 0.5) is 11.4 Å². The zero-order valence-electron chi connectivity index (χ0n) is 22.8. The van der Waals surface area contributed by atoms with Crippen LogP contribution in [-0.2, 0) is 14.4 Å². The van der Waals surface area contributed by atoms with Crippen molar-refractivity contribution in [3.8, 4) is 5.75 Å². The molecule has 3 saturated heterocycles. The zero-order valence-corrected chi connectivity index (χ0v) is 24.3. The Bertz CT molecular complexity index is 1260. The van der Waals surface area contributed by atoms with Gasteiger partial charge < -0.3 is 25.4 Å². The molecule has 3 N–H and O–H groups in total. The fourth-order valence-corrected chi connectivity index (χ4v) is 9.33. The van der Waals surface area contributed by atoms with Crippen molar-refractivity contribution in [2.45, 2.75) is 55.6 Å². The van der Waals surface area contributed by atoms with Gasteiger partial charge in [-0.05, 0) is 74.9 Å². The minimum absolute atomic E-state index is 0.0567. The maximum atomic E-state index is 14.2. The molecule has 5 rings (SSSR count). The molecule has 3 aliphatic rings. The Morgan fingerprint density at radius 1 is 1.10 bits per heavy atom. The summed E-state index contributed by atoms with van der Waals surface area (Å²) >= 11 is 8.00. The van der Waals surface area contributed by atoms with Crippen LogP contribution in [0.5, 0.6) is 5.75 Å². The molecule has 40 heavy (non-hydrogen) atoms. The van der Waals surface area contributed by atoms with E-state index in [0.717, 1.165) is 18.6 Å². The van der Waals surface area contributed by atoms with E-state index in [1.165, 1.54) is 0 Å². The number of fused-ring (bicyclic) bond motifs is 1. The molecule has 214 valence electrons. The molecule has 10 heteroatoms. The molecule has 3 aliphatic heterocycles. The van der Waals surface area contributed by atoms with Gasteiger partial charge in [-0.1, -0.05) is 30.7 Å². The first kappa shape index (κ1) is 28.8. The van der Waals surface area contributed by atoms with E-state index in [9.17, 15) is 19.5 Å². The minimum Gasteiger partial charge on any atom is -0.494 e. The Hall–Kier alpha value is -2.75. The van der Waals surface area contributed by atoms with Crippen LogP contribution in [0.2, 0.25) is 5.02 Å². The molecular weight excluding hydrogens is 550 g/mol. The molecule has 3 heterocycles. The van der Waals surface area contributed by atoms with Crippen molar-refractivity contribution in [3.63, 3.8) is 0 Å². The van der Waals surface area contributed by atoms with E-state index < -0.39 is 22.6 Å². The van der Waals surface area contributed by atoms with Gasteiger partial charge in [-0.15, -0.1) is 11.8 Å². The van der Waals surface area contributed by atoms with Crippen molar-refractivity contribution in [2.24, 2.45) is 17.8 Å². The predicted octanol–water partition coefficient (Wildman–Crippen LogP) is 4.82. The van der Waals surface area contributed by atoms with Gasteiger partial charge in [0.15, 0.2) is 0 Å². The van der Waals surface area contributed by atoms with Crippen molar-refractivity contribution in [1.82, 2.24) is 4.90 Å². The average Bonchev–Trinajstić information content (AvgIpc) is 3.53. The largest absolute Gasteiger partial charge is 0.494 e. The molecule has 0 aromatic heterocycles. The highest BCUT2D eigenvalue weighted by Crippen LogP contribution is 2.68. The van der Waals surface area contributed by atoms with E-state index in [1.54, 1.807) is 53.1 Å². The summed E-state index contributed by atoms with van der Waals surface area (Å²) in [7, 11) is 0. The summed E-state index contributed by atoms with van der Waals surface area (Å²) in [6.45, 7) is 5.04. The van der Waals surface area contributed by atoms with Crippen LogP contribution in [0.3, 0.4) is 0 Å². The highest BCUT2D eigenvalue weighted by Gasteiger charge is 2.75. The Morgan fingerprint density at radius 2 is 1.85 bits per heavy atom. The topological polar surface area (TPSA) is 108 Å². The molecule has 1 spiro atoms. The minimum atomic E-state index is -0.733. The number of hydrogen-bond acceptors (Lipinski definition) is 6. The first-order valence-corrected chi connectivity index (χ1v) is 15.3. The number of para-hydroxylation sites is 1. The van der Waals surface area contributed by atoms with Gasteiger partial charge in [0.2, 0.25) is 17.7 Å². The lowest BCUT2D eigenvalue weighted by molar-refractivity contribution is -0.138. The van der Waals surface area contributed by atoms with E-state index in [4.69, 9.17) is 16.3 Å². The van der Waals surface area contributed by atoms with Crippen LogP contribution in [0, 0.1) is 17.8 Å². The SMILES string of the molecule is CCOc1ccc(NC(=O)[C@@H]2[C@@H]3CC(C)C4(S3)C(C(=O)Nc3ccccc3Cl)N(CCCCCO)C(=O)[C@H]24)cc1. The van der Waals surface area contributed by atoms with Crippen LogP contribution >= 0.6 is 23.4 Å². The van der Waals surface area contributed by atoms with Gasteiger partial charge in [-0.3, -0.25) is 14.4 Å². The van der Waals surface area contributed by atoms with Crippen molar-refractivity contribution in [2.75, 3.05) is 30.4 Å². The standard InChI is InChI=1S/C30H36ClN3O5S/c1-3-39-20-13-11-19(12-14-20)32-27(36)24-23-17-18(2)30(40-23)25(24)29(38)34(15-7-4-8-16-35)26(30)28(37)33-22-10-6-5-9-21(22)31/h5-6,9-14,18,23-26,35H,3-4,7-8,15-17H2,1-2H3,(H,32,36)(H,33,37)/t18?,23-,24+,25-,26?,30?/m0/s1.